The van der Waals surface area contributed by atoms with Crippen LogP contribution in [0.3, 0.4) is 0 Å². The van der Waals surface area contributed by atoms with Crippen molar-refractivity contribution >= 4 is 11.0 Å². The molecule has 40 heavy (non-hydrogen) atoms. The van der Waals surface area contributed by atoms with Crippen LogP contribution in [-0.2, 0) is 11.2 Å². The number of rotatable bonds is 6. The number of allylic oxidation sites excluding steroid dienone is 9. The number of hydrogen-bond acceptors (Lipinski definition) is 3. The number of fused-ring (bicyclic) bond motifs is 2. The number of nitrogens with one attached hydrogen (secondary N) is 1. The summed E-state index contributed by atoms with van der Waals surface area (Å²) < 4.78 is 11.8. The van der Waals surface area contributed by atoms with Gasteiger partial charge in [-0.1, -0.05) is 56.4 Å². The number of H-pyrrole nitrogens is 1. The number of methoxy groups -OCH3 is 1. The van der Waals surface area contributed by atoms with Crippen molar-refractivity contribution in [2.75, 3.05) is 13.7 Å². The van der Waals surface area contributed by atoms with Crippen molar-refractivity contribution < 1.29 is 9.47 Å². The van der Waals surface area contributed by atoms with E-state index in [-0.39, 0.29) is 0 Å². The second kappa shape index (κ2) is 11.4. The highest BCUT2D eigenvalue weighted by molar-refractivity contribution is 5.82. The van der Waals surface area contributed by atoms with E-state index in [4.69, 9.17) is 9.47 Å². The van der Waals surface area contributed by atoms with E-state index in [1.165, 1.54) is 27.8 Å². The van der Waals surface area contributed by atoms with Crippen LogP contribution in [0.4, 0.5) is 0 Å². The summed E-state index contributed by atoms with van der Waals surface area (Å²) >= 11 is 0. The van der Waals surface area contributed by atoms with Gasteiger partial charge in [0.1, 0.15) is 17.3 Å². The Bertz CT molecular complexity index is 1550. The predicted octanol–water partition coefficient (Wildman–Crippen LogP) is 8.67. The summed E-state index contributed by atoms with van der Waals surface area (Å²) in [7, 11) is 1.74. The Labute approximate surface area is 238 Å². The first kappa shape index (κ1) is 26.4. The highest BCUT2D eigenvalue weighted by Gasteiger charge is 2.25. The van der Waals surface area contributed by atoms with Gasteiger partial charge < -0.3 is 14.5 Å². The van der Waals surface area contributed by atoms with E-state index < -0.39 is 0 Å². The lowest BCUT2D eigenvalue weighted by molar-refractivity contribution is 0.222. The first-order chi connectivity index (χ1) is 19.5. The molecule has 0 amide bonds. The lowest BCUT2D eigenvalue weighted by Gasteiger charge is -2.30. The SMILES string of the molecule is COC1=CCC(=C(C=CC2C=CC2C)CC2CCOc3ccc(-c4ccc5nc(C)[nH]c5c4)cc3CC2C)C=C1. The molecular formula is C36H40N2O2. The second-order valence-electron chi connectivity index (χ2n) is 11.7. The number of aryl methyl sites for hydroxylation is 1. The maximum atomic E-state index is 6.37. The van der Waals surface area contributed by atoms with Gasteiger partial charge in [-0.15, -0.1) is 0 Å². The van der Waals surface area contributed by atoms with Crippen molar-refractivity contribution in [3.05, 3.63) is 107 Å². The molecule has 0 fully saturated rings. The van der Waals surface area contributed by atoms with Gasteiger partial charge >= 0.3 is 0 Å². The number of aromatic nitrogens is 2. The van der Waals surface area contributed by atoms with Crippen LogP contribution in [0.1, 0.15) is 44.5 Å². The van der Waals surface area contributed by atoms with Gasteiger partial charge in [-0.25, -0.2) is 4.98 Å². The van der Waals surface area contributed by atoms with Crippen LogP contribution in [0, 0.1) is 30.6 Å². The first-order valence-electron chi connectivity index (χ1n) is 14.7. The van der Waals surface area contributed by atoms with Crippen LogP contribution in [0.5, 0.6) is 5.75 Å². The highest BCUT2D eigenvalue weighted by Crippen LogP contribution is 2.37. The summed E-state index contributed by atoms with van der Waals surface area (Å²) in [6.07, 6.45) is 20.0. The van der Waals surface area contributed by atoms with Gasteiger partial charge in [0.05, 0.1) is 24.8 Å². The minimum Gasteiger partial charge on any atom is -0.497 e. The summed E-state index contributed by atoms with van der Waals surface area (Å²) in [5.74, 6) is 5.18. The molecule has 1 aliphatic heterocycles. The van der Waals surface area contributed by atoms with Crippen molar-refractivity contribution in [2.24, 2.45) is 23.7 Å². The summed E-state index contributed by atoms with van der Waals surface area (Å²) in [6.45, 7) is 7.47. The van der Waals surface area contributed by atoms with E-state index >= 15 is 0 Å². The molecule has 3 aromatic rings. The number of ether oxygens (including phenoxy) is 2. The van der Waals surface area contributed by atoms with E-state index in [0.29, 0.717) is 23.7 Å². The van der Waals surface area contributed by atoms with Gasteiger partial charge in [-0.3, -0.25) is 0 Å². The zero-order valence-electron chi connectivity index (χ0n) is 24.1. The second-order valence-corrected chi connectivity index (χ2v) is 11.7. The number of nitrogens with zero attached hydrogens (tertiary/aromatic N) is 1. The average molecular weight is 533 g/mol. The molecule has 0 bridgehead atoms. The van der Waals surface area contributed by atoms with Crippen molar-refractivity contribution in [3.8, 4) is 16.9 Å². The summed E-state index contributed by atoms with van der Waals surface area (Å²) in [5, 5.41) is 0. The zero-order chi connectivity index (χ0) is 27.6. The minimum atomic E-state index is 0.541. The third kappa shape index (κ3) is 5.58. The Morgan fingerprint density at radius 1 is 1.10 bits per heavy atom. The Morgan fingerprint density at radius 3 is 2.70 bits per heavy atom. The lowest BCUT2D eigenvalue weighted by atomic mass is 9.78. The quantitative estimate of drug-likeness (QED) is 0.323. The molecular weight excluding hydrogens is 492 g/mol. The van der Waals surface area contributed by atoms with E-state index in [9.17, 15) is 0 Å². The fourth-order valence-electron chi connectivity index (χ4n) is 6.23. The van der Waals surface area contributed by atoms with Gasteiger partial charge in [0.2, 0.25) is 0 Å². The molecule has 0 saturated heterocycles. The molecule has 2 heterocycles. The van der Waals surface area contributed by atoms with E-state index in [0.717, 1.165) is 60.7 Å². The molecule has 0 radical (unpaired) electrons. The lowest BCUT2D eigenvalue weighted by Crippen LogP contribution is -2.21. The van der Waals surface area contributed by atoms with Crippen LogP contribution in [0.2, 0.25) is 0 Å². The van der Waals surface area contributed by atoms with Gasteiger partial charge in [0.25, 0.3) is 0 Å². The maximum Gasteiger partial charge on any atom is 0.122 e. The summed E-state index contributed by atoms with van der Waals surface area (Å²) in [5.41, 5.74) is 8.67. The maximum absolute atomic E-state index is 6.37. The number of hydrogen-bond donors (Lipinski definition) is 1. The molecule has 4 atom stereocenters. The molecule has 4 nitrogen and oxygen atoms in total. The van der Waals surface area contributed by atoms with Gasteiger partial charge in [0, 0.05) is 5.92 Å². The molecule has 2 aromatic carbocycles. The number of aromatic amines is 1. The van der Waals surface area contributed by atoms with E-state index in [2.05, 4.69) is 103 Å². The van der Waals surface area contributed by atoms with Crippen molar-refractivity contribution in [1.82, 2.24) is 9.97 Å². The topological polar surface area (TPSA) is 47.1 Å². The predicted molar refractivity (Wildman–Crippen MR) is 164 cm³/mol. The molecule has 0 spiro atoms. The molecule has 4 heteroatoms. The van der Waals surface area contributed by atoms with Crippen LogP contribution >= 0.6 is 0 Å². The zero-order valence-corrected chi connectivity index (χ0v) is 24.1. The van der Waals surface area contributed by atoms with Crippen LogP contribution < -0.4 is 4.74 Å². The Morgan fingerprint density at radius 2 is 1.95 bits per heavy atom. The normalized spacial score (nSPS) is 25.6. The number of benzene rings is 2. The monoisotopic (exact) mass is 532 g/mol. The first-order valence-corrected chi connectivity index (χ1v) is 14.7. The standard InChI is InChI=1S/C36H40N2O2/c1-23-5-6-26(23)7-8-29(27-9-13-33(39-4)14-10-27)20-28-17-18-40-36-16-12-30(21-32(36)19-24(28)2)31-11-15-34-35(22-31)38-25(3)37-34/h5-9,11-16,21-24,26,28H,10,17-20H2,1-4H3,(H,37,38). The van der Waals surface area contributed by atoms with E-state index in [1.807, 2.05) is 6.92 Å². The Balaban J connectivity index is 1.24. The van der Waals surface area contributed by atoms with Crippen molar-refractivity contribution in [2.45, 2.75) is 46.5 Å². The van der Waals surface area contributed by atoms with Crippen LogP contribution in [0.15, 0.2) is 95.8 Å². The fourth-order valence-corrected chi connectivity index (χ4v) is 6.23. The Kier molecular flexibility index (Phi) is 7.51. The smallest absolute Gasteiger partial charge is 0.122 e. The van der Waals surface area contributed by atoms with Crippen LogP contribution in [-0.4, -0.2) is 23.7 Å². The van der Waals surface area contributed by atoms with Gasteiger partial charge in [-0.05, 0) is 115 Å². The Hall–Kier alpha value is -3.79. The third-order valence-corrected chi connectivity index (χ3v) is 8.95. The summed E-state index contributed by atoms with van der Waals surface area (Å²) in [4.78, 5) is 7.93. The van der Waals surface area contributed by atoms with Gasteiger partial charge in [-0.2, -0.15) is 0 Å². The highest BCUT2D eigenvalue weighted by atomic mass is 16.5. The van der Waals surface area contributed by atoms with Crippen molar-refractivity contribution in [3.63, 3.8) is 0 Å². The molecule has 1 N–H and O–H groups in total. The largest absolute Gasteiger partial charge is 0.497 e. The molecule has 1 aromatic heterocycles. The average Bonchev–Trinajstić information content (AvgIpc) is 3.34. The van der Waals surface area contributed by atoms with Crippen LogP contribution in [0.25, 0.3) is 22.2 Å². The molecule has 3 aliphatic rings. The molecule has 206 valence electrons. The molecule has 0 saturated carbocycles. The van der Waals surface area contributed by atoms with Crippen molar-refractivity contribution in [1.29, 1.82) is 0 Å². The summed E-state index contributed by atoms with van der Waals surface area (Å²) in [6, 6.07) is 13.2. The minimum absolute atomic E-state index is 0.541. The van der Waals surface area contributed by atoms with E-state index in [1.54, 1.807) is 7.11 Å². The van der Waals surface area contributed by atoms with Gasteiger partial charge in [0.15, 0.2) is 0 Å². The number of imidazole rings is 1. The molecule has 2 aliphatic carbocycles. The fraction of sp³-hybridized carbons (Fsp3) is 0.361. The molecule has 6 rings (SSSR count). The molecule has 4 unspecified atom stereocenters. The third-order valence-electron chi connectivity index (χ3n) is 8.95.